The lowest BCUT2D eigenvalue weighted by Crippen LogP contribution is -2.37. The fraction of sp³-hybridized carbons (Fsp3) is 1.00. The maximum Gasteiger partial charge on any atom is 0.334 e. The standard InChI is InChI=1S/C10H22O.C5H12O4.H4O5P2/c1-2-3-4-5-6-7-8-9-10-11;6-1-5(2-7,3-8)4-9;1-6(2)5-7(3)4/h11H,2-10H2,1H3;6-9H,1-4H2;1-4H. The predicted octanol–water partition coefficient (Wildman–Crippen LogP) is 0.487. The molecule has 0 heterocycles. The first-order chi connectivity index (χ1) is 12.8. The molecule has 0 aliphatic heterocycles. The molecule has 0 amide bonds. The summed E-state index contributed by atoms with van der Waals surface area (Å²) in [6.45, 7) is 0.987. The Morgan fingerprint density at radius 3 is 1.11 bits per heavy atom. The van der Waals surface area contributed by atoms with Crippen LogP contribution in [0.2, 0.25) is 0 Å². The molecule has 0 aromatic rings. The zero-order chi connectivity index (χ0) is 21.6. The van der Waals surface area contributed by atoms with Crippen molar-refractivity contribution in [3.63, 3.8) is 0 Å². The Kier molecular flexibility index (Phi) is 29.2. The Hall–Kier alpha value is 0.460. The molecular weight excluding hydrogens is 402 g/mol. The van der Waals surface area contributed by atoms with E-state index in [0.29, 0.717) is 6.61 Å². The molecule has 168 valence electrons. The summed E-state index contributed by atoms with van der Waals surface area (Å²) in [5.74, 6) is 0. The molecule has 9 N–H and O–H groups in total. The number of hydrogen-bond acceptors (Lipinski definition) is 10. The van der Waals surface area contributed by atoms with Gasteiger partial charge in [-0.05, 0) is 6.42 Å². The summed E-state index contributed by atoms with van der Waals surface area (Å²) in [4.78, 5) is 31.3. The van der Waals surface area contributed by atoms with Gasteiger partial charge in [0.25, 0.3) is 0 Å². The van der Waals surface area contributed by atoms with E-state index in [1.807, 2.05) is 0 Å². The van der Waals surface area contributed by atoms with Gasteiger partial charge in [0, 0.05) is 6.61 Å². The average Bonchev–Trinajstić information content (AvgIpc) is 2.63. The van der Waals surface area contributed by atoms with Crippen molar-refractivity contribution in [2.75, 3.05) is 33.0 Å². The minimum atomic E-state index is -2.61. The predicted molar refractivity (Wildman–Crippen MR) is 104 cm³/mol. The minimum absolute atomic E-state index is 0.370. The van der Waals surface area contributed by atoms with Gasteiger partial charge in [-0.1, -0.05) is 51.9 Å². The van der Waals surface area contributed by atoms with Gasteiger partial charge in [-0.2, -0.15) is 0 Å². The molecule has 0 bridgehead atoms. The maximum absolute atomic E-state index is 8.51. The second kappa shape index (κ2) is 24.5. The van der Waals surface area contributed by atoms with Crippen LogP contribution in [-0.4, -0.2) is 78.1 Å². The number of unbranched alkanes of at least 4 members (excludes halogenated alkanes) is 7. The number of hydrogen-bond donors (Lipinski definition) is 9. The van der Waals surface area contributed by atoms with E-state index in [0.717, 1.165) is 6.42 Å². The summed E-state index contributed by atoms with van der Waals surface area (Å²) in [6.07, 6.45) is 10.4. The molecule has 0 fully saturated rings. The summed E-state index contributed by atoms with van der Waals surface area (Å²) in [5.41, 5.74) is -1.11. The van der Waals surface area contributed by atoms with Gasteiger partial charge >= 0.3 is 17.2 Å². The number of aliphatic hydroxyl groups excluding tert-OH is 5. The molecule has 10 nitrogen and oxygen atoms in total. The lowest BCUT2D eigenvalue weighted by atomic mass is 9.93. The topological polar surface area (TPSA) is 191 Å². The average molecular weight is 440 g/mol. The van der Waals surface area contributed by atoms with Crippen molar-refractivity contribution < 1.29 is 49.4 Å². The van der Waals surface area contributed by atoms with Crippen LogP contribution in [0.25, 0.3) is 0 Å². The van der Waals surface area contributed by atoms with Gasteiger partial charge in [-0.3, -0.25) is 0 Å². The second-order valence-electron chi connectivity index (χ2n) is 5.92. The molecule has 0 aliphatic carbocycles. The second-order valence-corrected chi connectivity index (χ2v) is 7.58. The largest absolute Gasteiger partial charge is 0.396 e. The van der Waals surface area contributed by atoms with Crippen LogP contribution in [-0.2, 0) is 4.31 Å². The third-order valence-corrected chi connectivity index (χ3v) is 4.67. The van der Waals surface area contributed by atoms with E-state index in [1.54, 1.807) is 0 Å². The summed E-state index contributed by atoms with van der Waals surface area (Å²) in [5, 5.41) is 42.5. The Bertz CT molecular complexity index is 237. The molecule has 0 aliphatic rings. The normalized spacial score (nSPS) is 11.1. The molecule has 0 unspecified atom stereocenters. The van der Waals surface area contributed by atoms with Crippen LogP contribution < -0.4 is 0 Å². The van der Waals surface area contributed by atoms with Gasteiger partial charge in [0.05, 0.1) is 31.8 Å². The van der Waals surface area contributed by atoms with Crippen molar-refractivity contribution in [3.8, 4) is 0 Å². The van der Waals surface area contributed by atoms with Crippen LogP contribution in [0.15, 0.2) is 0 Å². The first kappa shape index (κ1) is 32.1. The van der Waals surface area contributed by atoms with E-state index in [-0.39, 0.29) is 0 Å². The fourth-order valence-corrected chi connectivity index (χ4v) is 2.13. The van der Waals surface area contributed by atoms with Crippen LogP contribution in [0.3, 0.4) is 0 Å². The summed E-state index contributed by atoms with van der Waals surface area (Å²) >= 11 is 0. The van der Waals surface area contributed by atoms with Gasteiger partial charge in [-0.15, -0.1) is 0 Å². The van der Waals surface area contributed by atoms with E-state index in [4.69, 9.17) is 45.1 Å². The van der Waals surface area contributed by atoms with Crippen LogP contribution in [0, 0.1) is 5.41 Å². The highest BCUT2D eigenvalue weighted by molar-refractivity contribution is 7.53. The fourth-order valence-electron chi connectivity index (χ4n) is 1.61. The van der Waals surface area contributed by atoms with E-state index in [1.165, 1.54) is 44.9 Å². The highest BCUT2D eigenvalue weighted by atomic mass is 31.2. The van der Waals surface area contributed by atoms with Crippen molar-refractivity contribution in [2.45, 2.75) is 58.3 Å². The van der Waals surface area contributed by atoms with Crippen molar-refractivity contribution in [1.82, 2.24) is 0 Å². The zero-order valence-electron chi connectivity index (χ0n) is 16.0. The van der Waals surface area contributed by atoms with Crippen LogP contribution in [0.1, 0.15) is 58.3 Å². The smallest absolute Gasteiger partial charge is 0.334 e. The van der Waals surface area contributed by atoms with Crippen molar-refractivity contribution >= 4 is 17.2 Å². The van der Waals surface area contributed by atoms with Crippen molar-refractivity contribution in [1.29, 1.82) is 0 Å². The number of rotatable bonds is 14. The Balaban J connectivity index is -0.000000329. The van der Waals surface area contributed by atoms with Gasteiger partial charge in [0.1, 0.15) is 0 Å². The van der Waals surface area contributed by atoms with Gasteiger partial charge in [0.15, 0.2) is 0 Å². The van der Waals surface area contributed by atoms with Crippen LogP contribution in [0.5, 0.6) is 0 Å². The molecule has 12 heteroatoms. The SMILES string of the molecule is CCCCCCCCCCO.OCC(CO)(CO)CO.OP(O)OP(O)O. The van der Waals surface area contributed by atoms with Gasteiger partial charge < -0.3 is 45.1 Å². The first-order valence-electron chi connectivity index (χ1n) is 8.87. The molecular formula is C15H38O10P2. The molecule has 0 saturated heterocycles. The molecule has 0 aromatic heterocycles. The molecule has 0 saturated carbocycles. The highest BCUT2D eigenvalue weighted by Gasteiger charge is 2.26. The Morgan fingerprint density at radius 1 is 0.593 bits per heavy atom. The van der Waals surface area contributed by atoms with E-state index in [2.05, 4.69) is 11.2 Å². The molecule has 0 aromatic carbocycles. The lowest BCUT2D eigenvalue weighted by Gasteiger charge is -2.23. The minimum Gasteiger partial charge on any atom is -0.396 e. The summed E-state index contributed by atoms with van der Waals surface area (Å²) in [7, 11) is -5.22. The third-order valence-electron chi connectivity index (χ3n) is 3.50. The van der Waals surface area contributed by atoms with Gasteiger partial charge in [0.2, 0.25) is 0 Å². The van der Waals surface area contributed by atoms with E-state index in [9.17, 15) is 0 Å². The number of aliphatic hydroxyl groups is 5. The summed E-state index contributed by atoms with van der Waals surface area (Å²) < 4.78 is 3.60. The van der Waals surface area contributed by atoms with Crippen LogP contribution in [0.4, 0.5) is 0 Å². The zero-order valence-corrected chi connectivity index (χ0v) is 17.8. The summed E-state index contributed by atoms with van der Waals surface area (Å²) in [6, 6.07) is 0. The van der Waals surface area contributed by atoms with Gasteiger partial charge in [-0.25, -0.2) is 4.31 Å². The Morgan fingerprint density at radius 2 is 0.926 bits per heavy atom. The lowest BCUT2D eigenvalue weighted by molar-refractivity contribution is -0.0328. The monoisotopic (exact) mass is 440 g/mol. The maximum atomic E-state index is 8.51. The molecule has 0 rings (SSSR count). The first-order valence-corrected chi connectivity index (χ1v) is 11.2. The molecule has 0 spiro atoms. The van der Waals surface area contributed by atoms with Crippen molar-refractivity contribution in [2.24, 2.45) is 5.41 Å². The quantitative estimate of drug-likeness (QED) is 0.136. The van der Waals surface area contributed by atoms with Crippen molar-refractivity contribution in [3.05, 3.63) is 0 Å². The third kappa shape index (κ3) is 26.5. The van der Waals surface area contributed by atoms with E-state index >= 15 is 0 Å². The molecule has 0 atom stereocenters. The molecule has 27 heavy (non-hydrogen) atoms. The Labute approximate surface area is 164 Å². The van der Waals surface area contributed by atoms with E-state index < -0.39 is 49.0 Å². The highest BCUT2D eigenvalue weighted by Crippen LogP contribution is 2.41. The molecule has 0 radical (unpaired) electrons. The van der Waals surface area contributed by atoms with Crippen LogP contribution >= 0.6 is 17.2 Å².